The molecule has 0 unspecified atom stereocenters. The number of thiazole rings is 1. The lowest BCUT2D eigenvalue weighted by Crippen LogP contribution is -2.27. The predicted molar refractivity (Wildman–Crippen MR) is 69.0 cm³/mol. The van der Waals surface area contributed by atoms with Crippen LogP contribution >= 0.6 is 11.3 Å². The molecule has 0 aliphatic heterocycles. The lowest BCUT2D eigenvalue weighted by Gasteiger charge is -2.16. The maximum atomic E-state index is 13.5. The molecule has 3 nitrogen and oxygen atoms in total. The largest absolute Gasteiger partial charge is 0.336 e. The number of carbonyl (C=O) groups is 1. The molecule has 1 aromatic heterocycles. The fourth-order valence-corrected chi connectivity index (χ4v) is 2.22. The first kappa shape index (κ1) is 13.6. The Morgan fingerprint density at radius 2 is 2.16 bits per heavy atom. The van der Waals surface area contributed by atoms with Gasteiger partial charge in [0.2, 0.25) is 0 Å². The fraction of sp³-hybridized carbons (Fsp3) is 0.231. The summed E-state index contributed by atoms with van der Waals surface area (Å²) in [6.07, 6.45) is 0. The van der Waals surface area contributed by atoms with E-state index in [1.807, 2.05) is 0 Å². The third-order valence-electron chi connectivity index (χ3n) is 2.61. The van der Waals surface area contributed by atoms with Gasteiger partial charge in [-0.2, -0.15) is 0 Å². The SMILES string of the molecule is Cc1nc(C(=O)N(C)Cc2ccc(F)cc2F)cs1. The Morgan fingerprint density at radius 1 is 1.42 bits per heavy atom. The number of hydrogen-bond donors (Lipinski definition) is 0. The van der Waals surface area contributed by atoms with Crippen molar-refractivity contribution in [1.82, 2.24) is 9.88 Å². The van der Waals surface area contributed by atoms with E-state index in [2.05, 4.69) is 4.98 Å². The van der Waals surface area contributed by atoms with Gasteiger partial charge in [-0.3, -0.25) is 4.79 Å². The van der Waals surface area contributed by atoms with Crippen LogP contribution in [0.15, 0.2) is 23.6 Å². The van der Waals surface area contributed by atoms with Crippen molar-refractivity contribution >= 4 is 17.2 Å². The molecule has 0 aliphatic rings. The molecule has 1 heterocycles. The van der Waals surface area contributed by atoms with Crippen LogP contribution in [0, 0.1) is 18.6 Å². The molecule has 1 amide bonds. The third-order valence-corrected chi connectivity index (χ3v) is 3.38. The number of carbonyl (C=O) groups excluding carboxylic acids is 1. The second kappa shape index (κ2) is 5.44. The van der Waals surface area contributed by atoms with Crippen LogP contribution in [0.3, 0.4) is 0 Å². The first-order valence-corrected chi connectivity index (χ1v) is 6.47. The number of hydrogen-bond acceptors (Lipinski definition) is 3. The lowest BCUT2D eigenvalue weighted by atomic mass is 10.2. The van der Waals surface area contributed by atoms with E-state index in [0.29, 0.717) is 5.69 Å². The Labute approximate surface area is 113 Å². The minimum Gasteiger partial charge on any atom is -0.336 e. The summed E-state index contributed by atoms with van der Waals surface area (Å²) in [5.41, 5.74) is 0.608. The molecule has 0 atom stereocenters. The van der Waals surface area contributed by atoms with Crippen LogP contribution in [-0.2, 0) is 6.54 Å². The number of benzene rings is 1. The second-order valence-corrected chi connectivity index (χ2v) is 5.21. The summed E-state index contributed by atoms with van der Waals surface area (Å²) >= 11 is 1.38. The highest BCUT2D eigenvalue weighted by Gasteiger charge is 2.16. The van der Waals surface area contributed by atoms with Gasteiger partial charge in [0, 0.05) is 30.6 Å². The molecule has 0 aliphatic carbocycles. The van der Waals surface area contributed by atoms with Gasteiger partial charge in [0.15, 0.2) is 0 Å². The molecule has 1 aromatic carbocycles. The van der Waals surface area contributed by atoms with Crippen LogP contribution in [0.5, 0.6) is 0 Å². The van der Waals surface area contributed by atoms with Crippen LogP contribution < -0.4 is 0 Å². The van der Waals surface area contributed by atoms with E-state index in [1.54, 1.807) is 19.4 Å². The number of amides is 1. The molecule has 6 heteroatoms. The van der Waals surface area contributed by atoms with E-state index in [0.717, 1.165) is 11.1 Å². The summed E-state index contributed by atoms with van der Waals surface area (Å²) in [5.74, 6) is -1.58. The van der Waals surface area contributed by atoms with Gasteiger partial charge >= 0.3 is 0 Å². The van der Waals surface area contributed by atoms with Crippen molar-refractivity contribution < 1.29 is 13.6 Å². The molecule has 0 radical (unpaired) electrons. The Morgan fingerprint density at radius 3 is 2.74 bits per heavy atom. The van der Waals surface area contributed by atoms with Gasteiger partial charge in [-0.05, 0) is 13.0 Å². The molecular formula is C13H12F2N2OS. The van der Waals surface area contributed by atoms with Crippen molar-refractivity contribution in [2.24, 2.45) is 0 Å². The Kier molecular flexibility index (Phi) is 3.90. The normalized spacial score (nSPS) is 10.5. The molecule has 0 N–H and O–H groups in total. The molecule has 19 heavy (non-hydrogen) atoms. The van der Waals surface area contributed by atoms with Crippen molar-refractivity contribution in [3.63, 3.8) is 0 Å². The summed E-state index contributed by atoms with van der Waals surface area (Å²) in [6.45, 7) is 1.88. The van der Waals surface area contributed by atoms with E-state index in [9.17, 15) is 13.6 Å². The smallest absolute Gasteiger partial charge is 0.273 e. The van der Waals surface area contributed by atoms with Gasteiger partial charge in [-0.15, -0.1) is 11.3 Å². The van der Waals surface area contributed by atoms with Crippen molar-refractivity contribution in [1.29, 1.82) is 0 Å². The first-order valence-electron chi connectivity index (χ1n) is 5.59. The summed E-state index contributed by atoms with van der Waals surface area (Å²) in [6, 6.07) is 3.31. The Hall–Kier alpha value is -1.82. The number of nitrogens with zero attached hydrogens (tertiary/aromatic N) is 2. The van der Waals surface area contributed by atoms with E-state index in [-0.39, 0.29) is 18.0 Å². The summed E-state index contributed by atoms with van der Waals surface area (Å²) in [7, 11) is 1.56. The summed E-state index contributed by atoms with van der Waals surface area (Å²) in [4.78, 5) is 17.4. The number of aromatic nitrogens is 1. The molecule has 100 valence electrons. The van der Waals surface area contributed by atoms with E-state index >= 15 is 0 Å². The van der Waals surface area contributed by atoms with Crippen LogP contribution in [-0.4, -0.2) is 22.8 Å². The van der Waals surface area contributed by atoms with Gasteiger partial charge in [0.05, 0.1) is 5.01 Å². The number of halogens is 2. The van der Waals surface area contributed by atoms with Crippen molar-refractivity contribution in [3.8, 4) is 0 Å². The highest BCUT2D eigenvalue weighted by molar-refractivity contribution is 7.09. The molecule has 0 saturated carbocycles. The van der Waals surface area contributed by atoms with Gasteiger partial charge in [-0.1, -0.05) is 6.07 Å². The van der Waals surface area contributed by atoms with Crippen LogP contribution in [0.2, 0.25) is 0 Å². The van der Waals surface area contributed by atoms with E-state index in [4.69, 9.17) is 0 Å². The molecule has 0 fully saturated rings. The minimum atomic E-state index is -0.658. The quantitative estimate of drug-likeness (QED) is 0.867. The van der Waals surface area contributed by atoms with Gasteiger partial charge in [0.1, 0.15) is 17.3 Å². The molecular weight excluding hydrogens is 270 g/mol. The maximum Gasteiger partial charge on any atom is 0.273 e. The molecule has 0 saturated heterocycles. The summed E-state index contributed by atoms with van der Waals surface area (Å²) < 4.78 is 26.3. The number of aryl methyl sites for hydroxylation is 1. The minimum absolute atomic E-state index is 0.0710. The van der Waals surface area contributed by atoms with Crippen molar-refractivity contribution in [3.05, 3.63) is 51.5 Å². The van der Waals surface area contributed by atoms with Crippen LogP contribution in [0.4, 0.5) is 8.78 Å². The average Bonchev–Trinajstić information content (AvgIpc) is 2.78. The van der Waals surface area contributed by atoms with Crippen molar-refractivity contribution in [2.75, 3.05) is 7.05 Å². The van der Waals surface area contributed by atoms with Gasteiger partial charge in [-0.25, -0.2) is 13.8 Å². The van der Waals surface area contributed by atoms with Gasteiger partial charge < -0.3 is 4.90 Å². The zero-order chi connectivity index (χ0) is 14.0. The van der Waals surface area contributed by atoms with Gasteiger partial charge in [0.25, 0.3) is 5.91 Å². The highest BCUT2D eigenvalue weighted by Crippen LogP contribution is 2.14. The highest BCUT2D eigenvalue weighted by atomic mass is 32.1. The van der Waals surface area contributed by atoms with Crippen molar-refractivity contribution in [2.45, 2.75) is 13.5 Å². The molecule has 0 bridgehead atoms. The third kappa shape index (κ3) is 3.14. The summed E-state index contributed by atoms with van der Waals surface area (Å²) in [5, 5.41) is 2.46. The number of rotatable bonds is 3. The Balaban J connectivity index is 2.12. The van der Waals surface area contributed by atoms with Crippen LogP contribution in [0.25, 0.3) is 0 Å². The van der Waals surface area contributed by atoms with E-state index < -0.39 is 11.6 Å². The zero-order valence-electron chi connectivity index (χ0n) is 10.5. The topological polar surface area (TPSA) is 33.2 Å². The van der Waals surface area contributed by atoms with Crippen LogP contribution in [0.1, 0.15) is 21.1 Å². The maximum absolute atomic E-state index is 13.5. The zero-order valence-corrected chi connectivity index (χ0v) is 11.3. The molecule has 2 rings (SSSR count). The first-order chi connectivity index (χ1) is 8.97. The average molecular weight is 282 g/mol. The molecule has 2 aromatic rings. The monoisotopic (exact) mass is 282 g/mol. The standard InChI is InChI=1S/C13H12F2N2OS/c1-8-16-12(7-19-8)13(18)17(2)6-9-3-4-10(14)5-11(9)15/h3-5,7H,6H2,1-2H3. The fourth-order valence-electron chi connectivity index (χ4n) is 1.63. The Bertz CT molecular complexity index is 612. The second-order valence-electron chi connectivity index (χ2n) is 4.15. The lowest BCUT2D eigenvalue weighted by molar-refractivity contribution is 0.0778. The van der Waals surface area contributed by atoms with E-state index in [1.165, 1.54) is 28.4 Å². The predicted octanol–water partition coefficient (Wildman–Crippen LogP) is 3.00. The molecule has 0 spiro atoms.